The van der Waals surface area contributed by atoms with Crippen LogP contribution in [0.25, 0.3) is 77.3 Å². The molecule has 0 saturated carbocycles. The zero-order valence-electron chi connectivity index (χ0n) is 22.2. The summed E-state index contributed by atoms with van der Waals surface area (Å²) in [6, 6.07) is 43.6. The molecule has 194 valence electrons. The summed E-state index contributed by atoms with van der Waals surface area (Å²) in [5.41, 5.74) is 14.0. The molecule has 0 radical (unpaired) electrons. The second-order valence-electron chi connectivity index (χ2n) is 10.9. The van der Waals surface area contributed by atoms with Crippen LogP contribution in [-0.4, -0.2) is 0 Å². The van der Waals surface area contributed by atoms with Crippen molar-refractivity contribution >= 4 is 55.6 Å². The first-order valence-electron chi connectivity index (χ1n) is 14.0. The highest BCUT2D eigenvalue weighted by Gasteiger charge is 2.18. The Labute approximate surface area is 241 Å². The monoisotopic (exact) mass is 544 g/mol. The molecule has 0 fully saturated rings. The Morgan fingerprint density at radius 1 is 0.390 bits per heavy atom. The van der Waals surface area contributed by atoms with Crippen molar-refractivity contribution in [1.82, 2.24) is 0 Å². The third kappa shape index (κ3) is 3.66. The van der Waals surface area contributed by atoms with E-state index in [1.54, 1.807) is 0 Å². The second kappa shape index (κ2) is 8.89. The van der Waals surface area contributed by atoms with Crippen LogP contribution in [0.1, 0.15) is 11.1 Å². The van der Waals surface area contributed by atoms with Crippen LogP contribution in [0, 0.1) is 0 Å². The summed E-state index contributed by atoms with van der Waals surface area (Å²) in [5, 5.41) is 4.66. The topological polar surface area (TPSA) is 26.3 Å². The maximum Gasteiger partial charge on any atom is 0.136 e. The largest absolute Gasteiger partial charge is 0.456 e. The Balaban J connectivity index is 1.13. The molecule has 3 heteroatoms. The molecule has 0 bridgehead atoms. The van der Waals surface area contributed by atoms with E-state index in [1.165, 1.54) is 49.9 Å². The van der Waals surface area contributed by atoms with Crippen molar-refractivity contribution in [3.63, 3.8) is 0 Å². The number of hydrogen-bond donors (Lipinski definition) is 0. The molecule has 0 saturated heterocycles. The van der Waals surface area contributed by atoms with E-state index >= 15 is 0 Å². The molecule has 2 nitrogen and oxygen atoms in total. The van der Waals surface area contributed by atoms with Gasteiger partial charge in [0.2, 0.25) is 0 Å². The highest BCUT2D eigenvalue weighted by Crippen LogP contribution is 2.41. The zero-order chi connectivity index (χ0) is 26.9. The Kier molecular flexibility index (Phi) is 4.99. The number of fused-ring (bicyclic) bond motifs is 9. The van der Waals surface area contributed by atoms with E-state index in [9.17, 15) is 0 Å². The minimum atomic E-state index is 0.932. The first kappa shape index (κ1) is 23.0. The predicted molar refractivity (Wildman–Crippen MR) is 172 cm³/mol. The van der Waals surface area contributed by atoms with Gasteiger partial charge in [-0.25, -0.2) is 0 Å². The number of para-hydroxylation sites is 2. The van der Waals surface area contributed by atoms with Gasteiger partial charge in [-0.15, -0.1) is 0 Å². The molecule has 0 N–H and O–H groups in total. The smallest absolute Gasteiger partial charge is 0.136 e. The lowest BCUT2D eigenvalue weighted by atomic mass is 9.90. The van der Waals surface area contributed by atoms with E-state index in [0.29, 0.717) is 0 Å². The Hall–Kier alpha value is -4.73. The fourth-order valence-electron chi connectivity index (χ4n) is 6.37. The van der Waals surface area contributed by atoms with Gasteiger partial charge in [-0.1, -0.05) is 72.8 Å². The molecule has 0 unspecified atom stereocenters. The highest BCUT2D eigenvalue weighted by atomic mass is 32.2. The van der Waals surface area contributed by atoms with Crippen LogP contribution in [0.4, 0.5) is 0 Å². The summed E-state index contributed by atoms with van der Waals surface area (Å²) < 4.78 is 12.3. The fraction of sp³-hybridized carbons (Fsp3) is 0.0526. The number of benzene rings is 6. The minimum Gasteiger partial charge on any atom is -0.456 e. The molecule has 0 atom stereocenters. The zero-order valence-corrected chi connectivity index (χ0v) is 23.0. The van der Waals surface area contributed by atoms with Crippen molar-refractivity contribution in [3.8, 4) is 33.4 Å². The van der Waals surface area contributed by atoms with Gasteiger partial charge in [0.25, 0.3) is 0 Å². The van der Waals surface area contributed by atoms with Gasteiger partial charge < -0.3 is 8.83 Å². The van der Waals surface area contributed by atoms with E-state index in [-0.39, 0.29) is 0 Å². The normalized spacial score (nSPS) is 13.1. The number of hydrogen-bond acceptors (Lipinski definition) is 3. The van der Waals surface area contributed by atoms with Crippen molar-refractivity contribution < 1.29 is 8.83 Å². The van der Waals surface area contributed by atoms with Crippen LogP contribution >= 0.6 is 11.8 Å². The van der Waals surface area contributed by atoms with Gasteiger partial charge in [-0.3, -0.25) is 0 Å². The van der Waals surface area contributed by atoms with Crippen LogP contribution in [0.15, 0.2) is 130 Å². The lowest BCUT2D eigenvalue weighted by Gasteiger charge is -2.13. The maximum absolute atomic E-state index is 6.19. The minimum absolute atomic E-state index is 0.932. The average Bonchev–Trinajstić information content (AvgIpc) is 3.52. The van der Waals surface area contributed by atoms with Crippen molar-refractivity contribution in [2.75, 3.05) is 0 Å². The summed E-state index contributed by atoms with van der Waals surface area (Å²) in [7, 11) is 0. The molecule has 0 spiro atoms. The summed E-state index contributed by atoms with van der Waals surface area (Å²) >= 11 is 1.99. The standard InChI is InChI=1S/C38H24O2S/c1-3-7-35-30(5-1)32-15-12-26(20-38(32)40-35)24-9-10-27-21-41-22-28-17-23(11-14-29(28)33(27)18-24)25-13-16-37-34(19-25)31-6-2-4-8-36(31)39-37/h1-20H,21-22H2. The molecule has 3 heterocycles. The first-order chi connectivity index (χ1) is 20.3. The van der Waals surface area contributed by atoms with Crippen LogP contribution < -0.4 is 0 Å². The van der Waals surface area contributed by atoms with Gasteiger partial charge in [-0.05, 0) is 93.0 Å². The van der Waals surface area contributed by atoms with Crippen LogP contribution in [0.3, 0.4) is 0 Å². The highest BCUT2D eigenvalue weighted by molar-refractivity contribution is 7.97. The molecule has 2 aromatic heterocycles. The summed E-state index contributed by atoms with van der Waals surface area (Å²) in [6.45, 7) is 0. The van der Waals surface area contributed by atoms with Gasteiger partial charge in [-0.2, -0.15) is 11.8 Å². The lowest BCUT2D eigenvalue weighted by Crippen LogP contribution is -1.91. The molecule has 1 aliphatic rings. The molecule has 0 aliphatic carbocycles. The molecule has 6 aromatic carbocycles. The van der Waals surface area contributed by atoms with Gasteiger partial charge in [0.1, 0.15) is 22.3 Å². The van der Waals surface area contributed by atoms with Crippen LogP contribution in [0.2, 0.25) is 0 Å². The number of thioether (sulfide) groups is 1. The van der Waals surface area contributed by atoms with Crippen molar-refractivity contribution in [2.24, 2.45) is 0 Å². The van der Waals surface area contributed by atoms with Crippen LogP contribution in [0.5, 0.6) is 0 Å². The SMILES string of the molecule is c1ccc2c(c1)oc1cc(-c3ccc4c(c3)-c3ccc(-c5ccc6oc7ccccc7c6c5)cc3CSC4)ccc12. The number of rotatable bonds is 2. The van der Waals surface area contributed by atoms with Crippen molar-refractivity contribution in [3.05, 3.63) is 132 Å². The van der Waals surface area contributed by atoms with Gasteiger partial charge in [0.05, 0.1) is 0 Å². The van der Waals surface area contributed by atoms with Gasteiger partial charge in [0, 0.05) is 33.1 Å². The van der Waals surface area contributed by atoms with Gasteiger partial charge in [0.15, 0.2) is 0 Å². The third-order valence-electron chi connectivity index (χ3n) is 8.44. The summed E-state index contributed by atoms with van der Waals surface area (Å²) in [4.78, 5) is 0. The Bertz CT molecular complexity index is 2300. The number of furan rings is 2. The van der Waals surface area contributed by atoms with Crippen molar-refractivity contribution in [2.45, 2.75) is 11.5 Å². The molecular formula is C38H24O2S. The summed E-state index contributed by atoms with van der Waals surface area (Å²) in [6.07, 6.45) is 0. The van der Waals surface area contributed by atoms with E-state index in [2.05, 4.69) is 97.1 Å². The van der Waals surface area contributed by atoms with Gasteiger partial charge >= 0.3 is 0 Å². The molecular weight excluding hydrogens is 520 g/mol. The predicted octanol–water partition coefficient (Wildman–Crippen LogP) is 11.2. The fourth-order valence-corrected chi connectivity index (χ4v) is 7.40. The Morgan fingerprint density at radius 2 is 0.976 bits per heavy atom. The van der Waals surface area contributed by atoms with E-state index < -0.39 is 0 Å². The molecule has 1 aliphatic heterocycles. The average molecular weight is 545 g/mol. The first-order valence-corrected chi connectivity index (χ1v) is 15.1. The quantitative estimate of drug-likeness (QED) is 0.216. The molecule has 9 rings (SSSR count). The van der Waals surface area contributed by atoms with Crippen molar-refractivity contribution in [1.29, 1.82) is 0 Å². The maximum atomic E-state index is 6.19. The van der Waals surface area contributed by atoms with E-state index in [0.717, 1.165) is 50.0 Å². The summed E-state index contributed by atoms with van der Waals surface area (Å²) in [5.74, 6) is 2.00. The molecule has 8 aromatic rings. The van der Waals surface area contributed by atoms with E-state index in [4.69, 9.17) is 8.83 Å². The Morgan fingerprint density at radius 3 is 1.85 bits per heavy atom. The molecule has 0 amide bonds. The second-order valence-corrected chi connectivity index (χ2v) is 11.8. The van der Waals surface area contributed by atoms with E-state index in [1.807, 2.05) is 36.0 Å². The lowest BCUT2D eigenvalue weighted by molar-refractivity contribution is 0.668. The molecule has 41 heavy (non-hydrogen) atoms. The third-order valence-corrected chi connectivity index (χ3v) is 9.47. The van der Waals surface area contributed by atoms with Crippen LogP contribution in [-0.2, 0) is 11.5 Å².